The van der Waals surface area contributed by atoms with E-state index >= 15 is 0 Å². The van der Waals surface area contributed by atoms with Gasteiger partial charge < -0.3 is 5.11 Å². The molecule has 1 unspecified atom stereocenters. The Labute approximate surface area is 208 Å². The summed E-state index contributed by atoms with van der Waals surface area (Å²) in [5, 5.41) is 19.6. The van der Waals surface area contributed by atoms with Crippen molar-refractivity contribution in [2.75, 3.05) is 4.90 Å². The Morgan fingerprint density at radius 3 is 2.29 bits per heavy atom. The summed E-state index contributed by atoms with van der Waals surface area (Å²) < 4.78 is 14.3. The zero-order valence-electron chi connectivity index (χ0n) is 18.2. The Morgan fingerprint density at radius 1 is 0.943 bits per heavy atom. The van der Waals surface area contributed by atoms with E-state index in [1.165, 1.54) is 52.3 Å². The maximum absolute atomic E-state index is 13.7. The predicted octanol–water partition coefficient (Wildman–Crippen LogP) is 5.60. The predicted molar refractivity (Wildman–Crippen MR) is 134 cm³/mol. The number of Topliss-reactive ketones (excluding diaryl/α,β-unsaturated/α-hetero) is 1. The van der Waals surface area contributed by atoms with Crippen LogP contribution in [0.25, 0.3) is 5.76 Å². The van der Waals surface area contributed by atoms with E-state index in [1.54, 1.807) is 30.3 Å². The van der Waals surface area contributed by atoms with Gasteiger partial charge in [0.1, 0.15) is 11.6 Å². The Morgan fingerprint density at radius 2 is 1.60 bits per heavy atom. The molecule has 1 fully saturated rings. The van der Waals surface area contributed by atoms with E-state index in [1.807, 2.05) is 30.3 Å². The van der Waals surface area contributed by atoms with Crippen molar-refractivity contribution < 1.29 is 19.1 Å². The molecule has 35 heavy (non-hydrogen) atoms. The molecule has 4 aromatic rings. The summed E-state index contributed by atoms with van der Waals surface area (Å²) in [6.07, 6.45) is 0. The van der Waals surface area contributed by atoms with Gasteiger partial charge in [0, 0.05) is 11.3 Å². The van der Waals surface area contributed by atoms with Gasteiger partial charge in [-0.3, -0.25) is 14.5 Å². The van der Waals surface area contributed by atoms with Crippen LogP contribution in [-0.2, 0) is 15.3 Å². The van der Waals surface area contributed by atoms with Crippen LogP contribution in [0, 0.1) is 5.82 Å². The number of rotatable bonds is 6. The van der Waals surface area contributed by atoms with E-state index in [4.69, 9.17) is 0 Å². The number of aliphatic hydroxyl groups is 1. The number of nitrogens with zero attached hydrogens (tertiary/aromatic N) is 3. The second-order valence-corrected chi connectivity index (χ2v) is 9.89. The Hall–Kier alpha value is -3.82. The first-order valence-corrected chi connectivity index (χ1v) is 12.5. The topological polar surface area (TPSA) is 83.4 Å². The number of amides is 1. The van der Waals surface area contributed by atoms with Crippen LogP contribution >= 0.6 is 23.1 Å². The standard InChI is InChI=1S/C26H18FN3O3S2/c27-19-13-11-17(12-14-19)21-20(22(31)18-9-5-2-6-10-18)23(32)24(33)30(21)25-28-29-26(35-25)34-15-16-7-3-1-4-8-16/h1-14,21,31H,15H2/b22-20-. The molecule has 0 aliphatic carbocycles. The summed E-state index contributed by atoms with van der Waals surface area (Å²) in [7, 11) is 0. The lowest BCUT2D eigenvalue weighted by atomic mass is 9.95. The third-order valence-corrected chi connectivity index (χ3v) is 7.61. The van der Waals surface area contributed by atoms with Crippen LogP contribution in [0.4, 0.5) is 9.52 Å². The molecule has 0 bridgehead atoms. The van der Waals surface area contributed by atoms with E-state index in [-0.39, 0.29) is 16.5 Å². The minimum absolute atomic E-state index is 0.0819. The zero-order chi connectivity index (χ0) is 24.4. The van der Waals surface area contributed by atoms with Crippen molar-refractivity contribution in [1.82, 2.24) is 10.2 Å². The molecular weight excluding hydrogens is 485 g/mol. The van der Waals surface area contributed by atoms with Crippen LogP contribution in [0.1, 0.15) is 22.7 Å². The third kappa shape index (κ3) is 4.60. The Bertz CT molecular complexity index is 1410. The summed E-state index contributed by atoms with van der Waals surface area (Å²) >= 11 is 2.65. The maximum Gasteiger partial charge on any atom is 0.301 e. The highest BCUT2D eigenvalue weighted by molar-refractivity contribution is 8.00. The van der Waals surface area contributed by atoms with Crippen LogP contribution in [0.2, 0.25) is 0 Å². The summed E-state index contributed by atoms with van der Waals surface area (Å²) in [6, 6.07) is 22.9. The van der Waals surface area contributed by atoms with Crippen LogP contribution in [0.3, 0.4) is 0 Å². The van der Waals surface area contributed by atoms with Gasteiger partial charge in [-0.05, 0) is 23.3 Å². The molecule has 3 aromatic carbocycles. The number of aliphatic hydroxyl groups excluding tert-OH is 1. The molecule has 1 saturated heterocycles. The van der Waals surface area contributed by atoms with Crippen molar-refractivity contribution in [2.24, 2.45) is 0 Å². The highest BCUT2D eigenvalue weighted by Gasteiger charge is 2.48. The molecule has 6 nitrogen and oxygen atoms in total. The first kappa shape index (κ1) is 22.9. The molecule has 1 aliphatic heterocycles. The second kappa shape index (κ2) is 9.81. The molecule has 0 saturated carbocycles. The number of carbonyl (C=O) groups is 2. The fourth-order valence-electron chi connectivity index (χ4n) is 3.82. The van der Waals surface area contributed by atoms with Crippen LogP contribution in [0.15, 0.2) is 94.8 Å². The van der Waals surface area contributed by atoms with Gasteiger partial charge in [-0.25, -0.2) is 4.39 Å². The van der Waals surface area contributed by atoms with Gasteiger partial charge in [0.15, 0.2) is 4.34 Å². The number of benzene rings is 3. The van der Waals surface area contributed by atoms with E-state index in [0.717, 1.165) is 5.56 Å². The number of carbonyl (C=O) groups excluding carboxylic acids is 2. The zero-order valence-corrected chi connectivity index (χ0v) is 19.8. The quantitative estimate of drug-likeness (QED) is 0.121. The monoisotopic (exact) mass is 503 g/mol. The van der Waals surface area contributed by atoms with E-state index in [2.05, 4.69) is 10.2 Å². The number of aromatic nitrogens is 2. The average Bonchev–Trinajstić information content (AvgIpc) is 3.46. The molecule has 1 amide bonds. The molecule has 2 heterocycles. The van der Waals surface area contributed by atoms with E-state index in [9.17, 15) is 19.1 Å². The molecule has 1 aliphatic rings. The first-order chi connectivity index (χ1) is 17.0. The molecule has 1 atom stereocenters. The fourth-order valence-corrected chi connectivity index (χ4v) is 5.64. The number of anilines is 1. The highest BCUT2D eigenvalue weighted by atomic mass is 32.2. The summed E-state index contributed by atoms with van der Waals surface area (Å²) in [4.78, 5) is 27.6. The van der Waals surface area contributed by atoms with Gasteiger partial charge in [0.2, 0.25) is 5.13 Å². The summed E-state index contributed by atoms with van der Waals surface area (Å²) in [5.74, 6) is -1.75. The normalized spacial score (nSPS) is 17.2. The van der Waals surface area contributed by atoms with Crippen LogP contribution in [-0.4, -0.2) is 27.0 Å². The third-order valence-electron chi connectivity index (χ3n) is 5.48. The van der Waals surface area contributed by atoms with Gasteiger partial charge in [-0.2, -0.15) is 0 Å². The van der Waals surface area contributed by atoms with Crippen molar-refractivity contribution in [3.8, 4) is 0 Å². The molecule has 1 N–H and O–H groups in total. The fraction of sp³-hybridized carbons (Fsp3) is 0.0769. The lowest BCUT2D eigenvalue weighted by Gasteiger charge is -2.22. The van der Waals surface area contributed by atoms with Crippen molar-refractivity contribution in [2.45, 2.75) is 16.1 Å². The molecule has 0 spiro atoms. The van der Waals surface area contributed by atoms with Crippen LogP contribution in [0.5, 0.6) is 0 Å². The molecular formula is C26H18FN3O3S2. The molecule has 1 aromatic heterocycles. The SMILES string of the molecule is O=C1C(=O)N(c2nnc(SCc3ccccc3)s2)C(c2ccc(F)cc2)/C1=C(/O)c1ccccc1. The second-order valence-electron chi connectivity index (χ2n) is 7.71. The Kier molecular flexibility index (Phi) is 6.43. The summed E-state index contributed by atoms with van der Waals surface area (Å²) in [6.45, 7) is 0. The van der Waals surface area contributed by atoms with Crippen LogP contribution < -0.4 is 4.90 Å². The number of hydrogen-bond donors (Lipinski definition) is 1. The van der Waals surface area contributed by atoms with Crippen molar-refractivity contribution >= 4 is 45.7 Å². The molecule has 9 heteroatoms. The molecule has 5 rings (SSSR count). The minimum atomic E-state index is -0.976. The number of hydrogen-bond acceptors (Lipinski definition) is 7. The maximum atomic E-state index is 13.7. The average molecular weight is 504 g/mol. The van der Waals surface area contributed by atoms with Gasteiger partial charge in [-0.15, -0.1) is 10.2 Å². The largest absolute Gasteiger partial charge is 0.507 e. The van der Waals surface area contributed by atoms with E-state index < -0.39 is 23.5 Å². The Balaban J connectivity index is 1.54. The van der Waals surface area contributed by atoms with Gasteiger partial charge in [0.25, 0.3) is 5.78 Å². The van der Waals surface area contributed by atoms with Crippen molar-refractivity contribution in [1.29, 1.82) is 0 Å². The molecule has 0 radical (unpaired) electrons. The van der Waals surface area contributed by atoms with Crippen molar-refractivity contribution in [3.63, 3.8) is 0 Å². The molecule has 174 valence electrons. The lowest BCUT2D eigenvalue weighted by molar-refractivity contribution is -0.132. The van der Waals surface area contributed by atoms with Gasteiger partial charge in [-0.1, -0.05) is 95.9 Å². The summed E-state index contributed by atoms with van der Waals surface area (Å²) in [5.41, 5.74) is 1.90. The number of ketones is 1. The van der Waals surface area contributed by atoms with Crippen molar-refractivity contribution in [3.05, 3.63) is 113 Å². The van der Waals surface area contributed by atoms with E-state index in [0.29, 0.717) is 21.2 Å². The number of halogens is 1. The highest BCUT2D eigenvalue weighted by Crippen LogP contribution is 2.44. The lowest BCUT2D eigenvalue weighted by Crippen LogP contribution is -2.29. The number of thioether (sulfide) groups is 1. The smallest absolute Gasteiger partial charge is 0.301 e. The van der Waals surface area contributed by atoms with Gasteiger partial charge in [0.05, 0.1) is 11.6 Å². The van der Waals surface area contributed by atoms with Gasteiger partial charge >= 0.3 is 5.91 Å². The first-order valence-electron chi connectivity index (χ1n) is 10.6. The minimum Gasteiger partial charge on any atom is -0.507 e.